The molecule has 0 aromatic carbocycles. The second kappa shape index (κ2) is 5.08. The fraction of sp³-hybridized carbons (Fsp3) is 0.471. The first-order valence-electron chi connectivity index (χ1n) is 8.01. The number of hydrogen-bond donors (Lipinski definition) is 0. The predicted molar refractivity (Wildman–Crippen MR) is 86.0 cm³/mol. The first-order chi connectivity index (χ1) is 11.0. The number of fused-ring (bicyclic) bond motifs is 4. The molecule has 0 spiro atoms. The molecule has 0 radical (unpaired) electrons. The van der Waals surface area contributed by atoms with Crippen LogP contribution in [0.25, 0.3) is 11.3 Å². The van der Waals surface area contributed by atoms with Crippen molar-refractivity contribution in [3.05, 3.63) is 40.4 Å². The van der Waals surface area contributed by atoms with E-state index in [1.54, 1.807) is 23.9 Å². The summed E-state index contributed by atoms with van der Waals surface area (Å²) in [5, 5.41) is 4.19. The third-order valence-corrected chi connectivity index (χ3v) is 5.12. The van der Waals surface area contributed by atoms with Gasteiger partial charge in [-0.3, -0.25) is 14.3 Å². The number of piperidine rings is 1. The number of aromatic nitrogens is 3. The lowest BCUT2D eigenvalue weighted by atomic mass is 9.82. The van der Waals surface area contributed by atoms with Gasteiger partial charge in [0.25, 0.3) is 5.56 Å². The molecular weight excluding hydrogens is 292 g/mol. The zero-order valence-corrected chi connectivity index (χ0v) is 13.4. The fourth-order valence-electron chi connectivity index (χ4n) is 4.02. The maximum Gasteiger partial charge on any atom is 0.251 e. The molecule has 1 fully saturated rings. The lowest BCUT2D eigenvalue weighted by Gasteiger charge is -2.42. The van der Waals surface area contributed by atoms with Crippen LogP contribution >= 0.6 is 0 Å². The van der Waals surface area contributed by atoms with Gasteiger partial charge in [-0.25, -0.2) is 0 Å². The minimum atomic E-state index is 0.0460. The van der Waals surface area contributed by atoms with Crippen molar-refractivity contribution in [3.8, 4) is 11.3 Å². The molecule has 2 atom stereocenters. The summed E-state index contributed by atoms with van der Waals surface area (Å²) in [4.78, 5) is 26.3. The lowest BCUT2D eigenvalue weighted by Crippen LogP contribution is -2.48. The van der Waals surface area contributed by atoms with E-state index in [-0.39, 0.29) is 17.4 Å². The van der Waals surface area contributed by atoms with E-state index < -0.39 is 0 Å². The number of rotatable bonds is 1. The van der Waals surface area contributed by atoms with Gasteiger partial charge in [0.05, 0.1) is 5.69 Å². The Labute approximate surface area is 134 Å². The van der Waals surface area contributed by atoms with Crippen molar-refractivity contribution in [2.45, 2.75) is 25.8 Å². The van der Waals surface area contributed by atoms with Gasteiger partial charge in [0.1, 0.15) is 0 Å². The largest absolute Gasteiger partial charge is 0.342 e. The molecule has 0 unspecified atom stereocenters. The summed E-state index contributed by atoms with van der Waals surface area (Å²) in [7, 11) is 1.88. The number of carbonyl (C=O) groups excluding carboxylic acids is 1. The Kier molecular flexibility index (Phi) is 3.14. The molecule has 2 aliphatic rings. The van der Waals surface area contributed by atoms with E-state index in [9.17, 15) is 9.59 Å². The van der Waals surface area contributed by atoms with E-state index in [0.717, 1.165) is 29.9 Å². The zero-order chi connectivity index (χ0) is 16.1. The van der Waals surface area contributed by atoms with Crippen molar-refractivity contribution >= 4 is 5.91 Å². The number of amides is 1. The summed E-state index contributed by atoms with van der Waals surface area (Å²) in [5.74, 6) is 0.746. The van der Waals surface area contributed by atoms with Gasteiger partial charge in [0.15, 0.2) is 0 Å². The van der Waals surface area contributed by atoms with Gasteiger partial charge in [0, 0.05) is 63.0 Å². The van der Waals surface area contributed by atoms with E-state index in [0.29, 0.717) is 19.0 Å². The molecule has 4 rings (SSSR count). The van der Waals surface area contributed by atoms with Crippen LogP contribution < -0.4 is 5.56 Å². The molecule has 4 heterocycles. The van der Waals surface area contributed by atoms with Gasteiger partial charge in [0.2, 0.25) is 5.91 Å². The van der Waals surface area contributed by atoms with E-state index in [2.05, 4.69) is 11.2 Å². The van der Waals surface area contributed by atoms with Gasteiger partial charge in [-0.15, -0.1) is 0 Å². The highest BCUT2D eigenvalue weighted by molar-refractivity contribution is 5.73. The molecule has 2 aromatic heterocycles. The van der Waals surface area contributed by atoms with Crippen LogP contribution in [0.4, 0.5) is 0 Å². The molecule has 2 aliphatic heterocycles. The van der Waals surface area contributed by atoms with Crippen molar-refractivity contribution in [2.75, 3.05) is 13.1 Å². The van der Waals surface area contributed by atoms with Gasteiger partial charge in [-0.2, -0.15) is 5.10 Å². The maximum absolute atomic E-state index is 12.6. The molecule has 0 aliphatic carbocycles. The smallest absolute Gasteiger partial charge is 0.251 e. The van der Waals surface area contributed by atoms with Crippen LogP contribution in [0.15, 0.2) is 29.2 Å². The summed E-state index contributed by atoms with van der Waals surface area (Å²) in [5.41, 5.74) is 2.94. The number of carbonyl (C=O) groups is 1. The second-order valence-electron chi connectivity index (χ2n) is 6.68. The Bertz CT molecular complexity index is 835. The van der Waals surface area contributed by atoms with Crippen molar-refractivity contribution < 1.29 is 4.79 Å². The first kappa shape index (κ1) is 14.2. The Balaban J connectivity index is 1.80. The third-order valence-electron chi connectivity index (χ3n) is 5.12. The average Bonchev–Trinajstić information content (AvgIpc) is 2.94. The highest BCUT2D eigenvalue weighted by atomic mass is 16.2. The molecule has 0 saturated carbocycles. The van der Waals surface area contributed by atoms with Crippen LogP contribution in [0, 0.1) is 5.92 Å². The van der Waals surface area contributed by atoms with Gasteiger partial charge >= 0.3 is 0 Å². The molecule has 6 nitrogen and oxygen atoms in total. The molecular formula is C17H20N4O2. The van der Waals surface area contributed by atoms with Crippen molar-refractivity contribution in [1.29, 1.82) is 0 Å². The molecule has 1 amide bonds. The Morgan fingerprint density at radius 3 is 2.78 bits per heavy atom. The fourth-order valence-corrected chi connectivity index (χ4v) is 4.02. The Morgan fingerprint density at radius 1 is 1.26 bits per heavy atom. The summed E-state index contributed by atoms with van der Waals surface area (Å²) in [6.07, 6.45) is 2.79. The highest BCUT2D eigenvalue weighted by Crippen LogP contribution is 2.36. The summed E-state index contributed by atoms with van der Waals surface area (Å²) >= 11 is 0. The number of likely N-dealkylation sites (tertiary alicyclic amines) is 1. The van der Waals surface area contributed by atoms with Crippen LogP contribution in [-0.2, 0) is 18.4 Å². The van der Waals surface area contributed by atoms with Crippen LogP contribution in [0.5, 0.6) is 0 Å². The molecule has 2 bridgehead atoms. The molecule has 2 aromatic rings. The maximum atomic E-state index is 12.6. The van der Waals surface area contributed by atoms with Gasteiger partial charge < -0.3 is 9.47 Å². The van der Waals surface area contributed by atoms with Gasteiger partial charge in [-0.05, 0) is 24.5 Å². The van der Waals surface area contributed by atoms with Crippen LogP contribution in [0.3, 0.4) is 0 Å². The quantitative estimate of drug-likeness (QED) is 0.795. The standard InChI is InChI=1S/C17H20N4O2/c1-11(22)20-8-12-5-14(10-20)16-6-13(7-17(23)21(16)9-12)15-3-4-18-19(15)2/h3-4,6-7,12,14H,5,8-10H2,1-2H3/t12-,14+/m0/s1. The van der Waals surface area contributed by atoms with E-state index in [1.807, 2.05) is 22.6 Å². The van der Waals surface area contributed by atoms with E-state index in [4.69, 9.17) is 0 Å². The molecule has 0 N–H and O–H groups in total. The zero-order valence-electron chi connectivity index (χ0n) is 13.4. The highest BCUT2D eigenvalue weighted by Gasteiger charge is 2.35. The molecule has 1 saturated heterocycles. The third kappa shape index (κ3) is 2.29. The first-order valence-corrected chi connectivity index (χ1v) is 8.01. The van der Waals surface area contributed by atoms with E-state index in [1.165, 1.54) is 0 Å². The number of pyridine rings is 1. The summed E-state index contributed by atoms with van der Waals surface area (Å²) in [6, 6.07) is 5.72. The average molecular weight is 312 g/mol. The molecule has 120 valence electrons. The molecule has 6 heteroatoms. The number of hydrogen-bond acceptors (Lipinski definition) is 3. The topological polar surface area (TPSA) is 60.1 Å². The second-order valence-corrected chi connectivity index (χ2v) is 6.68. The Morgan fingerprint density at radius 2 is 2.09 bits per heavy atom. The lowest BCUT2D eigenvalue weighted by molar-refractivity contribution is -0.131. The minimum Gasteiger partial charge on any atom is -0.342 e. The van der Waals surface area contributed by atoms with Crippen molar-refractivity contribution in [1.82, 2.24) is 19.2 Å². The minimum absolute atomic E-state index is 0.0460. The summed E-state index contributed by atoms with van der Waals surface area (Å²) < 4.78 is 3.68. The summed E-state index contributed by atoms with van der Waals surface area (Å²) in [6.45, 7) is 3.81. The van der Waals surface area contributed by atoms with Gasteiger partial charge in [-0.1, -0.05) is 0 Å². The monoisotopic (exact) mass is 312 g/mol. The number of nitrogens with zero attached hydrogens (tertiary/aromatic N) is 4. The van der Waals surface area contributed by atoms with Crippen LogP contribution in [-0.4, -0.2) is 38.2 Å². The Hall–Kier alpha value is -2.37. The van der Waals surface area contributed by atoms with Crippen LogP contribution in [0.2, 0.25) is 0 Å². The SMILES string of the molecule is CC(=O)N1C[C@@H]2C[C@H](C1)c1cc(-c3ccnn3C)cc(=O)n1C2. The normalized spacial score (nSPS) is 22.8. The van der Waals surface area contributed by atoms with Crippen molar-refractivity contribution in [2.24, 2.45) is 13.0 Å². The van der Waals surface area contributed by atoms with Crippen LogP contribution in [0.1, 0.15) is 25.0 Å². The van der Waals surface area contributed by atoms with Crippen molar-refractivity contribution in [3.63, 3.8) is 0 Å². The molecule has 23 heavy (non-hydrogen) atoms. The van der Waals surface area contributed by atoms with E-state index >= 15 is 0 Å². The predicted octanol–water partition coefficient (Wildman–Crippen LogP) is 1.21. The number of aryl methyl sites for hydroxylation is 1.